The Morgan fingerprint density at radius 3 is 2.67 bits per heavy atom. The Balaban J connectivity index is 3.69. The molecule has 0 saturated carbocycles. The van der Waals surface area contributed by atoms with E-state index in [1.807, 2.05) is 26.8 Å². The minimum atomic E-state index is -0.544. The molecule has 0 aromatic rings. The molecule has 0 aliphatic carbocycles. The monoisotopic (exact) mass is 212 g/mol. The number of nitrogens with one attached hydrogen (secondary N) is 1. The Bertz CT molecular complexity index is 221. The van der Waals surface area contributed by atoms with Gasteiger partial charge in [-0.2, -0.15) is 5.26 Å². The summed E-state index contributed by atoms with van der Waals surface area (Å²) in [5.41, 5.74) is 0. The van der Waals surface area contributed by atoms with Crippen molar-refractivity contribution >= 4 is 5.91 Å². The number of ether oxygens (including phenoxy) is 1. The van der Waals surface area contributed by atoms with Crippen LogP contribution in [0.25, 0.3) is 0 Å². The highest BCUT2D eigenvalue weighted by atomic mass is 16.5. The van der Waals surface area contributed by atoms with E-state index in [0.717, 1.165) is 6.42 Å². The normalized spacial score (nSPS) is 12.2. The summed E-state index contributed by atoms with van der Waals surface area (Å²) in [5, 5.41) is 11.5. The van der Waals surface area contributed by atoms with Crippen LogP contribution in [0.2, 0.25) is 0 Å². The van der Waals surface area contributed by atoms with Gasteiger partial charge in [0.25, 0.3) is 0 Å². The summed E-state index contributed by atoms with van der Waals surface area (Å²) < 4.78 is 5.13. The number of carbonyl (C=O) groups is 1. The van der Waals surface area contributed by atoms with E-state index in [1.54, 1.807) is 0 Å². The Labute approximate surface area is 91.6 Å². The molecule has 15 heavy (non-hydrogen) atoms. The first-order valence-corrected chi connectivity index (χ1v) is 5.38. The minimum Gasteiger partial charge on any atom is -0.382 e. The third-order valence-electron chi connectivity index (χ3n) is 2.06. The second kappa shape index (κ2) is 8.25. The van der Waals surface area contributed by atoms with Crippen LogP contribution in [0, 0.1) is 23.2 Å². The molecular formula is C11H20N2O2. The van der Waals surface area contributed by atoms with Gasteiger partial charge in [0.2, 0.25) is 5.91 Å². The quantitative estimate of drug-likeness (QED) is 0.647. The average Bonchev–Trinajstić information content (AvgIpc) is 2.18. The van der Waals surface area contributed by atoms with Crippen LogP contribution in [-0.2, 0) is 9.53 Å². The maximum absolute atomic E-state index is 11.5. The van der Waals surface area contributed by atoms with Gasteiger partial charge >= 0.3 is 0 Å². The molecule has 0 rings (SSSR count). The number of hydrogen-bond acceptors (Lipinski definition) is 3. The maximum Gasteiger partial charge on any atom is 0.237 e. The molecular weight excluding hydrogens is 192 g/mol. The van der Waals surface area contributed by atoms with Crippen molar-refractivity contribution in [1.29, 1.82) is 5.26 Å². The lowest BCUT2D eigenvalue weighted by atomic mass is 9.97. The highest BCUT2D eigenvalue weighted by Gasteiger charge is 2.20. The molecule has 1 amide bonds. The zero-order valence-corrected chi connectivity index (χ0v) is 9.75. The molecule has 1 unspecified atom stereocenters. The first-order valence-electron chi connectivity index (χ1n) is 5.38. The number of nitrogens with zero attached hydrogens (tertiary/aromatic N) is 1. The van der Waals surface area contributed by atoms with Crippen molar-refractivity contribution in [3.05, 3.63) is 0 Å². The summed E-state index contributed by atoms with van der Waals surface area (Å²) in [6, 6.07) is 2.01. The molecule has 0 bridgehead atoms. The topological polar surface area (TPSA) is 62.1 Å². The molecule has 4 nitrogen and oxygen atoms in total. The van der Waals surface area contributed by atoms with Gasteiger partial charge < -0.3 is 10.1 Å². The van der Waals surface area contributed by atoms with Gasteiger partial charge in [0.1, 0.15) is 5.92 Å². The molecule has 0 aromatic heterocycles. The van der Waals surface area contributed by atoms with Crippen molar-refractivity contribution in [2.45, 2.75) is 27.2 Å². The predicted octanol–water partition coefficient (Wildman–Crippen LogP) is 1.32. The fourth-order valence-electron chi connectivity index (χ4n) is 1.15. The van der Waals surface area contributed by atoms with E-state index in [9.17, 15) is 4.79 Å². The summed E-state index contributed by atoms with van der Waals surface area (Å²) in [4.78, 5) is 11.5. The third-order valence-corrected chi connectivity index (χ3v) is 2.06. The van der Waals surface area contributed by atoms with Crippen molar-refractivity contribution in [1.82, 2.24) is 5.32 Å². The molecule has 1 atom stereocenters. The van der Waals surface area contributed by atoms with Crippen LogP contribution in [0.4, 0.5) is 0 Å². The van der Waals surface area contributed by atoms with Gasteiger partial charge in [0.05, 0.1) is 6.07 Å². The fourth-order valence-corrected chi connectivity index (χ4v) is 1.15. The zero-order chi connectivity index (χ0) is 11.7. The summed E-state index contributed by atoms with van der Waals surface area (Å²) in [6.45, 7) is 7.59. The maximum atomic E-state index is 11.5. The highest BCUT2D eigenvalue weighted by Crippen LogP contribution is 2.08. The highest BCUT2D eigenvalue weighted by molar-refractivity contribution is 5.81. The van der Waals surface area contributed by atoms with Crippen molar-refractivity contribution in [3.63, 3.8) is 0 Å². The lowest BCUT2D eigenvalue weighted by molar-refractivity contribution is -0.124. The van der Waals surface area contributed by atoms with Gasteiger partial charge in [0.15, 0.2) is 0 Å². The van der Waals surface area contributed by atoms with E-state index in [1.165, 1.54) is 0 Å². The third kappa shape index (κ3) is 6.08. The van der Waals surface area contributed by atoms with Gasteiger partial charge in [-0.05, 0) is 19.3 Å². The zero-order valence-electron chi connectivity index (χ0n) is 9.75. The predicted molar refractivity (Wildman–Crippen MR) is 58.1 cm³/mol. The summed E-state index contributed by atoms with van der Waals surface area (Å²) >= 11 is 0. The van der Waals surface area contributed by atoms with E-state index >= 15 is 0 Å². The SMILES string of the molecule is CCOCCCNC(=O)C(C#N)C(C)C. The molecule has 0 aliphatic rings. The molecule has 86 valence electrons. The molecule has 0 aliphatic heterocycles. The van der Waals surface area contributed by atoms with Crippen LogP contribution < -0.4 is 5.32 Å². The fraction of sp³-hybridized carbons (Fsp3) is 0.818. The molecule has 0 saturated heterocycles. The lowest BCUT2D eigenvalue weighted by Gasteiger charge is -2.12. The van der Waals surface area contributed by atoms with Crippen molar-refractivity contribution in [2.24, 2.45) is 11.8 Å². The minimum absolute atomic E-state index is 0.0573. The first kappa shape index (κ1) is 13.9. The number of rotatable bonds is 7. The summed E-state index contributed by atoms with van der Waals surface area (Å²) in [5.74, 6) is -0.664. The van der Waals surface area contributed by atoms with Gasteiger partial charge in [-0.1, -0.05) is 13.8 Å². The Morgan fingerprint density at radius 1 is 1.53 bits per heavy atom. The second-order valence-corrected chi connectivity index (χ2v) is 3.69. The molecule has 0 aromatic carbocycles. The van der Waals surface area contributed by atoms with Crippen LogP contribution in [-0.4, -0.2) is 25.7 Å². The molecule has 0 heterocycles. The Kier molecular flexibility index (Phi) is 7.65. The first-order chi connectivity index (χ1) is 7.13. The van der Waals surface area contributed by atoms with Crippen LogP contribution >= 0.6 is 0 Å². The molecule has 0 fully saturated rings. The van der Waals surface area contributed by atoms with Crippen LogP contribution in [0.3, 0.4) is 0 Å². The van der Waals surface area contributed by atoms with Crippen molar-refractivity contribution < 1.29 is 9.53 Å². The largest absolute Gasteiger partial charge is 0.382 e. The van der Waals surface area contributed by atoms with Gasteiger partial charge in [0, 0.05) is 19.8 Å². The van der Waals surface area contributed by atoms with Gasteiger partial charge in [-0.15, -0.1) is 0 Å². The Morgan fingerprint density at radius 2 is 2.20 bits per heavy atom. The number of carbonyl (C=O) groups excluding carboxylic acids is 1. The molecule has 0 radical (unpaired) electrons. The van der Waals surface area contributed by atoms with Crippen molar-refractivity contribution in [2.75, 3.05) is 19.8 Å². The molecule has 4 heteroatoms. The summed E-state index contributed by atoms with van der Waals surface area (Å²) in [7, 11) is 0. The summed E-state index contributed by atoms with van der Waals surface area (Å²) in [6.07, 6.45) is 0.788. The lowest BCUT2D eigenvalue weighted by Crippen LogP contribution is -2.33. The van der Waals surface area contributed by atoms with Crippen LogP contribution in [0.1, 0.15) is 27.2 Å². The van der Waals surface area contributed by atoms with Crippen molar-refractivity contribution in [3.8, 4) is 6.07 Å². The number of nitriles is 1. The standard InChI is InChI=1S/C11H20N2O2/c1-4-15-7-5-6-13-11(14)10(8-12)9(2)3/h9-10H,4-7H2,1-3H3,(H,13,14). The van der Waals surface area contributed by atoms with Crippen LogP contribution in [0.15, 0.2) is 0 Å². The number of amides is 1. The van der Waals surface area contributed by atoms with Crippen LogP contribution in [0.5, 0.6) is 0 Å². The molecule has 1 N–H and O–H groups in total. The van der Waals surface area contributed by atoms with E-state index in [-0.39, 0.29) is 11.8 Å². The van der Waals surface area contributed by atoms with E-state index < -0.39 is 5.92 Å². The van der Waals surface area contributed by atoms with Gasteiger partial charge in [-0.3, -0.25) is 4.79 Å². The van der Waals surface area contributed by atoms with Gasteiger partial charge in [-0.25, -0.2) is 0 Å². The number of hydrogen-bond donors (Lipinski definition) is 1. The average molecular weight is 212 g/mol. The molecule has 0 spiro atoms. The second-order valence-electron chi connectivity index (χ2n) is 3.69. The van der Waals surface area contributed by atoms with E-state index in [0.29, 0.717) is 19.8 Å². The van der Waals surface area contributed by atoms with E-state index in [2.05, 4.69) is 5.32 Å². The Hall–Kier alpha value is -1.08. The van der Waals surface area contributed by atoms with E-state index in [4.69, 9.17) is 10.00 Å². The smallest absolute Gasteiger partial charge is 0.237 e.